The van der Waals surface area contributed by atoms with Crippen LogP contribution in [0.25, 0.3) is 0 Å². The number of hydrogen-bond donors (Lipinski definition) is 1. The summed E-state index contributed by atoms with van der Waals surface area (Å²) in [7, 11) is 2.97. The molecule has 2 atom stereocenters. The molecule has 6 nitrogen and oxygen atoms in total. The van der Waals surface area contributed by atoms with Crippen molar-refractivity contribution in [3.8, 4) is 11.5 Å². The molecule has 0 spiro atoms. The van der Waals surface area contributed by atoms with Gasteiger partial charge in [0.1, 0.15) is 5.69 Å². The van der Waals surface area contributed by atoms with Crippen LogP contribution in [-0.2, 0) is 0 Å². The lowest BCUT2D eigenvalue weighted by molar-refractivity contribution is -0.384. The molecule has 104 valence electrons. The Labute approximate surface area is 111 Å². The normalized spacial score (nSPS) is 20.8. The van der Waals surface area contributed by atoms with Crippen LogP contribution in [0.4, 0.5) is 11.4 Å². The largest absolute Gasteiger partial charge is 0.493 e. The topological polar surface area (TPSA) is 73.6 Å². The summed E-state index contributed by atoms with van der Waals surface area (Å²) in [5.41, 5.74) is 0.479. The van der Waals surface area contributed by atoms with E-state index >= 15 is 0 Å². The van der Waals surface area contributed by atoms with E-state index in [0.717, 1.165) is 6.54 Å². The molecule has 2 unspecified atom stereocenters. The maximum Gasteiger partial charge on any atom is 0.296 e. The molecular formula is C13H18N2O4. The fourth-order valence-electron chi connectivity index (χ4n) is 2.09. The first-order chi connectivity index (χ1) is 9.06. The minimum Gasteiger partial charge on any atom is -0.493 e. The summed E-state index contributed by atoms with van der Waals surface area (Å²) in [6.07, 6.45) is 1.17. The Morgan fingerprint density at radius 2 is 1.95 bits per heavy atom. The first-order valence-electron chi connectivity index (χ1n) is 6.21. The highest BCUT2D eigenvalue weighted by atomic mass is 16.6. The fraction of sp³-hybridized carbons (Fsp3) is 0.538. The highest BCUT2D eigenvalue weighted by Gasteiger charge is 2.32. The minimum atomic E-state index is -0.416. The van der Waals surface area contributed by atoms with E-state index in [2.05, 4.69) is 12.2 Å². The first kappa shape index (κ1) is 13.5. The van der Waals surface area contributed by atoms with Crippen LogP contribution in [0.15, 0.2) is 12.1 Å². The Kier molecular flexibility index (Phi) is 3.78. The van der Waals surface area contributed by atoms with Gasteiger partial charge in [-0.3, -0.25) is 10.1 Å². The van der Waals surface area contributed by atoms with Crippen molar-refractivity contribution in [3.63, 3.8) is 0 Å². The van der Waals surface area contributed by atoms with Crippen LogP contribution >= 0.6 is 0 Å². The molecule has 0 radical (unpaired) electrons. The van der Waals surface area contributed by atoms with Gasteiger partial charge in [0.25, 0.3) is 5.69 Å². The van der Waals surface area contributed by atoms with Crippen LogP contribution < -0.4 is 14.8 Å². The number of methoxy groups -OCH3 is 2. The second-order valence-corrected chi connectivity index (χ2v) is 4.84. The van der Waals surface area contributed by atoms with Gasteiger partial charge in [0, 0.05) is 12.6 Å². The Balaban J connectivity index is 2.25. The highest BCUT2D eigenvalue weighted by molar-refractivity contribution is 5.68. The zero-order valence-electron chi connectivity index (χ0n) is 11.3. The van der Waals surface area contributed by atoms with E-state index in [0.29, 0.717) is 29.0 Å². The van der Waals surface area contributed by atoms with E-state index in [9.17, 15) is 10.1 Å². The van der Waals surface area contributed by atoms with Crippen molar-refractivity contribution >= 4 is 11.4 Å². The average molecular weight is 266 g/mol. The zero-order valence-corrected chi connectivity index (χ0v) is 11.3. The minimum absolute atomic E-state index is 0.00551. The van der Waals surface area contributed by atoms with Crippen LogP contribution in [0.1, 0.15) is 13.3 Å². The number of anilines is 1. The second-order valence-electron chi connectivity index (χ2n) is 4.84. The van der Waals surface area contributed by atoms with Gasteiger partial charge < -0.3 is 14.8 Å². The number of nitro groups is 1. The van der Waals surface area contributed by atoms with Gasteiger partial charge in [-0.15, -0.1) is 0 Å². The molecule has 0 bridgehead atoms. The van der Waals surface area contributed by atoms with Gasteiger partial charge in [0.15, 0.2) is 11.5 Å². The number of nitrogens with zero attached hydrogens (tertiary/aromatic N) is 1. The summed E-state index contributed by atoms with van der Waals surface area (Å²) in [6.45, 7) is 2.92. The van der Waals surface area contributed by atoms with E-state index in [1.807, 2.05) is 0 Å². The monoisotopic (exact) mass is 266 g/mol. The van der Waals surface area contributed by atoms with Gasteiger partial charge >= 0.3 is 0 Å². The smallest absolute Gasteiger partial charge is 0.296 e. The van der Waals surface area contributed by atoms with Crippen LogP contribution in [-0.4, -0.2) is 25.7 Å². The summed E-state index contributed by atoms with van der Waals surface area (Å²) < 4.78 is 10.2. The van der Waals surface area contributed by atoms with Crippen molar-refractivity contribution in [2.24, 2.45) is 11.8 Å². The summed E-state index contributed by atoms with van der Waals surface area (Å²) in [5.74, 6) is 2.15. The first-order valence-corrected chi connectivity index (χ1v) is 6.21. The van der Waals surface area contributed by atoms with Gasteiger partial charge in [0.2, 0.25) is 0 Å². The van der Waals surface area contributed by atoms with Gasteiger partial charge in [-0.05, 0) is 18.3 Å². The molecule has 0 amide bonds. The van der Waals surface area contributed by atoms with Gasteiger partial charge in [-0.2, -0.15) is 0 Å². The van der Waals surface area contributed by atoms with Crippen LogP contribution in [0.2, 0.25) is 0 Å². The molecule has 1 aliphatic carbocycles. The van der Waals surface area contributed by atoms with Crippen LogP contribution in [0, 0.1) is 22.0 Å². The molecule has 1 N–H and O–H groups in total. The standard InChI is InChI=1S/C13H18N2O4/c1-8-4-9(8)7-14-10-5-12(18-2)13(19-3)6-11(10)15(16)17/h5-6,8-9,14H,4,7H2,1-3H3. The lowest BCUT2D eigenvalue weighted by atomic mass is 10.2. The summed E-state index contributed by atoms with van der Waals surface area (Å²) >= 11 is 0. The quantitative estimate of drug-likeness (QED) is 0.633. The molecule has 0 aromatic heterocycles. The lowest BCUT2D eigenvalue weighted by Crippen LogP contribution is -2.07. The average Bonchev–Trinajstić information content (AvgIpc) is 3.11. The van der Waals surface area contributed by atoms with E-state index in [1.54, 1.807) is 6.07 Å². The molecule has 1 aliphatic rings. The SMILES string of the molecule is COc1cc(NCC2CC2C)c([N+](=O)[O-])cc1OC. The third-order valence-electron chi connectivity index (χ3n) is 3.53. The van der Waals surface area contributed by atoms with E-state index in [1.165, 1.54) is 26.7 Å². The third kappa shape index (κ3) is 2.89. The zero-order chi connectivity index (χ0) is 14.0. The number of benzene rings is 1. The Morgan fingerprint density at radius 3 is 2.42 bits per heavy atom. The number of nitro benzene ring substituents is 1. The fourth-order valence-corrected chi connectivity index (χ4v) is 2.09. The molecule has 1 saturated carbocycles. The van der Waals surface area contributed by atoms with Gasteiger partial charge in [-0.25, -0.2) is 0 Å². The van der Waals surface area contributed by atoms with Crippen molar-refractivity contribution in [1.82, 2.24) is 0 Å². The maximum absolute atomic E-state index is 11.1. The van der Waals surface area contributed by atoms with Gasteiger partial charge in [0.05, 0.1) is 25.2 Å². The number of ether oxygens (including phenoxy) is 2. The van der Waals surface area contributed by atoms with Crippen molar-refractivity contribution in [3.05, 3.63) is 22.2 Å². The predicted molar refractivity (Wildman–Crippen MR) is 72.0 cm³/mol. The number of hydrogen-bond acceptors (Lipinski definition) is 5. The molecule has 0 aliphatic heterocycles. The summed E-state index contributed by atoms with van der Waals surface area (Å²) in [4.78, 5) is 10.7. The Bertz CT molecular complexity index is 490. The molecular weight excluding hydrogens is 248 g/mol. The molecule has 0 heterocycles. The third-order valence-corrected chi connectivity index (χ3v) is 3.53. The lowest BCUT2D eigenvalue weighted by Gasteiger charge is -2.12. The Morgan fingerprint density at radius 1 is 1.37 bits per heavy atom. The highest BCUT2D eigenvalue weighted by Crippen LogP contribution is 2.40. The molecule has 0 saturated heterocycles. The van der Waals surface area contributed by atoms with E-state index in [-0.39, 0.29) is 5.69 Å². The molecule has 6 heteroatoms. The van der Waals surface area contributed by atoms with Crippen molar-refractivity contribution in [2.45, 2.75) is 13.3 Å². The molecule has 1 fully saturated rings. The summed E-state index contributed by atoms with van der Waals surface area (Å²) in [5, 5.41) is 14.2. The predicted octanol–water partition coefficient (Wildman–Crippen LogP) is 2.68. The number of rotatable bonds is 6. The van der Waals surface area contributed by atoms with Crippen LogP contribution in [0.5, 0.6) is 11.5 Å². The van der Waals surface area contributed by atoms with Gasteiger partial charge in [-0.1, -0.05) is 6.92 Å². The molecule has 19 heavy (non-hydrogen) atoms. The van der Waals surface area contributed by atoms with Crippen LogP contribution in [0.3, 0.4) is 0 Å². The van der Waals surface area contributed by atoms with Crippen molar-refractivity contribution < 1.29 is 14.4 Å². The van der Waals surface area contributed by atoms with E-state index < -0.39 is 4.92 Å². The molecule has 1 aromatic carbocycles. The van der Waals surface area contributed by atoms with Crippen molar-refractivity contribution in [2.75, 3.05) is 26.1 Å². The van der Waals surface area contributed by atoms with E-state index in [4.69, 9.17) is 9.47 Å². The summed E-state index contributed by atoms with van der Waals surface area (Å²) in [6, 6.07) is 3.00. The second kappa shape index (κ2) is 5.34. The van der Waals surface area contributed by atoms with Crippen molar-refractivity contribution in [1.29, 1.82) is 0 Å². The Hall–Kier alpha value is -1.98. The molecule has 1 aromatic rings. The molecule has 2 rings (SSSR count). The number of nitrogens with one attached hydrogen (secondary N) is 1. The maximum atomic E-state index is 11.1.